The summed E-state index contributed by atoms with van der Waals surface area (Å²) in [5.74, 6) is -1.46. The molecule has 0 radical (unpaired) electrons. The highest BCUT2D eigenvalue weighted by atomic mass is 16.7. The number of allylic oxidation sites excluding steroid dienone is 10. The van der Waals surface area contributed by atoms with Gasteiger partial charge in [0, 0.05) is 26.2 Å². The van der Waals surface area contributed by atoms with Crippen molar-refractivity contribution in [3.8, 4) is 11.5 Å². The molecule has 3 atom stereocenters. The predicted molar refractivity (Wildman–Crippen MR) is 203 cm³/mol. The van der Waals surface area contributed by atoms with Crippen molar-refractivity contribution < 1.29 is 34.1 Å². The number of ether oxygens (including phenoxy) is 2. The summed E-state index contributed by atoms with van der Waals surface area (Å²) in [7, 11) is 0. The topological polar surface area (TPSA) is 122 Å². The van der Waals surface area contributed by atoms with E-state index in [1.165, 1.54) is 25.5 Å². The molecule has 0 fully saturated rings. The van der Waals surface area contributed by atoms with Crippen molar-refractivity contribution in [3.05, 3.63) is 84.5 Å². The minimum atomic E-state index is -1.12. The van der Waals surface area contributed by atoms with Crippen molar-refractivity contribution in [2.75, 3.05) is 0 Å². The van der Waals surface area contributed by atoms with Crippen LogP contribution in [0.3, 0.4) is 0 Å². The Hall–Kier alpha value is -4.07. The molecule has 1 rings (SSSR count). The van der Waals surface area contributed by atoms with Crippen molar-refractivity contribution in [3.63, 3.8) is 0 Å². The molecule has 0 aliphatic rings. The van der Waals surface area contributed by atoms with Crippen molar-refractivity contribution >= 4 is 17.8 Å². The SMILES string of the molecule is CC/C=C\CC(C)CC/C=C\C/C=C\C/C=C\C/C=C\CCC(=O)N[C@@H](Cc1ccc(O)c(O)c1)C(=O)OC(C)OC(=O)CCCCCCC. The van der Waals surface area contributed by atoms with Crippen LogP contribution in [0.5, 0.6) is 11.5 Å². The molecule has 0 aliphatic carbocycles. The molecule has 2 unspecified atom stereocenters. The van der Waals surface area contributed by atoms with E-state index in [0.717, 1.165) is 70.1 Å². The lowest BCUT2D eigenvalue weighted by molar-refractivity contribution is -0.186. The molecule has 0 aromatic heterocycles. The number of nitrogens with one attached hydrogen (secondary N) is 1. The fourth-order valence-corrected chi connectivity index (χ4v) is 5.04. The van der Waals surface area contributed by atoms with Crippen molar-refractivity contribution in [1.29, 1.82) is 0 Å². The van der Waals surface area contributed by atoms with Crippen LogP contribution in [-0.2, 0) is 30.3 Å². The van der Waals surface area contributed by atoms with Crippen LogP contribution in [0.25, 0.3) is 0 Å². The Bertz CT molecular complexity index is 1250. The van der Waals surface area contributed by atoms with Gasteiger partial charge in [-0.2, -0.15) is 0 Å². The maximum absolute atomic E-state index is 13.0. The number of phenols is 2. The Morgan fingerprint density at radius 2 is 1.38 bits per heavy atom. The molecule has 0 bridgehead atoms. The number of hydrogen-bond acceptors (Lipinski definition) is 7. The summed E-state index contributed by atoms with van der Waals surface area (Å²) < 4.78 is 10.6. The third-order valence-electron chi connectivity index (χ3n) is 7.95. The van der Waals surface area contributed by atoms with Gasteiger partial charge in [-0.25, -0.2) is 4.79 Å². The van der Waals surface area contributed by atoms with Crippen LogP contribution in [0.15, 0.2) is 79.0 Å². The molecule has 8 nitrogen and oxygen atoms in total. The standard InChI is InChI=1S/C42H63NO7/c1-5-7-9-19-25-29-41(47)49-35(4)50-42(48)37(32-36-30-31-38(44)39(45)33-36)43-40(46)28-24-21-18-16-14-12-10-11-13-15-17-20-23-27-34(3)26-22-8-6-2/h8,11-14,17-18,20-22,30-31,33-35,37,44-45H,5-7,9-10,15-16,19,23-29,32H2,1-4H3,(H,43,46)/b13-11-,14-12-,20-17-,21-18-,22-8-/t34?,35?,37-/m0/s1. The van der Waals surface area contributed by atoms with E-state index in [9.17, 15) is 24.6 Å². The lowest BCUT2D eigenvalue weighted by atomic mass is 10.0. The highest BCUT2D eigenvalue weighted by Gasteiger charge is 2.26. The molecule has 0 aliphatic heterocycles. The molecule has 0 saturated carbocycles. The second-order valence-electron chi connectivity index (χ2n) is 12.7. The van der Waals surface area contributed by atoms with Gasteiger partial charge in [-0.1, -0.05) is 113 Å². The average Bonchev–Trinajstić information content (AvgIpc) is 3.07. The summed E-state index contributed by atoms with van der Waals surface area (Å²) in [6.45, 7) is 8.05. The van der Waals surface area contributed by atoms with Crippen LogP contribution in [-0.4, -0.2) is 40.4 Å². The summed E-state index contributed by atoms with van der Waals surface area (Å²) in [6.07, 6.45) is 33.4. The number of rotatable bonds is 27. The number of carbonyl (C=O) groups is 3. The second kappa shape index (κ2) is 28.7. The smallest absolute Gasteiger partial charge is 0.332 e. The number of esters is 2. The Morgan fingerprint density at radius 1 is 0.740 bits per heavy atom. The fraction of sp³-hybridized carbons (Fsp3) is 0.548. The van der Waals surface area contributed by atoms with Crippen LogP contribution >= 0.6 is 0 Å². The summed E-state index contributed by atoms with van der Waals surface area (Å²) in [6, 6.07) is 3.09. The highest BCUT2D eigenvalue weighted by molar-refractivity contribution is 5.85. The van der Waals surface area contributed by atoms with Crippen LogP contribution < -0.4 is 5.32 Å². The number of benzene rings is 1. The van der Waals surface area contributed by atoms with E-state index in [1.807, 2.05) is 12.2 Å². The van der Waals surface area contributed by atoms with Gasteiger partial charge in [0.15, 0.2) is 11.5 Å². The van der Waals surface area contributed by atoms with E-state index in [-0.39, 0.29) is 36.7 Å². The molecule has 278 valence electrons. The van der Waals surface area contributed by atoms with Crippen molar-refractivity contribution in [1.82, 2.24) is 5.32 Å². The van der Waals surface area contributed by atoms with Gasteiger partial charge in [-0.3, -0.25) is 9.59 Å². The second-order valence-corrected chi connectivity index (χ2v) is 12.7. The van der Waals surface area contributed by atoms with Gasteiger partial charge in [-0.15, -0.1) is 0 Å². The zero-order valence-electron chi connectivity index (χ0n) is 31.0. The molecular weight excluding hydrogens is 630 g/mol. The molecule has 3 N–H and O–H groups in total. The lowest BCUT2D eigenvalue weighted by Crippen LogP contribution is -2.44. The predicted octanol–water partition coefficient (Wildman–Crippen LogP) is 9.87. The quantitative estimate of drug-likeness (QED) is 0.0276. The molecule has 1 amide bonds. The van der Waals surface area contributed by atoms with Gasteiger partial charge in [0.2, 0.25) is 12.2 Å². The Balaban J connectivity index is 2.46. The first-order valence-electron chi connectivity index (χ1n) is 18.6. The largest absolute Gasteiger partial charge is 0.504 e. The van der Waals surface area contributed by atoms with Gasteiger partial charge >= 0.3 is 11.9 Å². The van der Waals surface area contributed by atoms with E-state index in [0.29, 0.717) is 18.4 Å². The molecule has 50 heavy (non-hydrogen) atoms. The number of aromatic hydroxyl groups is 2. The van der Waals surface area contributed by atoms with Crippen molar-refractivity contribution in [2.45, 2.75) is 143 Å². The average molecular weight is 694 g/mol. The lowest BCUT2D eigenvalue weighted by Gasteiger charge is -2.21. The number of unbranched alkanes of at least 4 members (excludes halogenated alkanes) is 4. The maximum Gasteiger partial charge on any atom is 0.332 e. The first-order chi connectivity index (χ1) is 24.2. The molecule has 8 heteroatoms. The number of carbonyl (C=O) groups excluding carboxylic acids is 3. The Labute approximate surface area is 301 Å². The van der Waals surface area contributed by atoms with E-state index < -0.39 is 24.3 Å². The zero-order valence-corrected chi connectivity index (χ0v) is 31.0. The molecule has 0 saturated heterocycles. The molecule has 0 heterocycles. The normalized spacial score (nSPS) is 13.8. The van der Waals surface area contributed by atoms with Gasteiger partial charge in [0.25, 0.3) is 0 Å². The summed E-state index contributed by atoms with van der Waals surface area (Å²) in [5, 5.41) is 22.3. The number of hydrogen-bond donors (Lipinski definition) is 3. The fourth-order valence-electron chi connectivity index (χ4n) is 5.04. The molecule has 1 aromatic rings. The Morgan fingerprint density at radius 3 is 2.02 bits per heavy atom. The van der Waals surface area contributed by atoms with Crippen LogP contribution in [0.1, 0.15) is 130 Å². The van der Waals surface area contributed by atoms with E-state index in [2.05, 4.69) is 74.7 Å². The van der Waals surface area contributed by atoms with Gasteiger partial charge < -0.3 is 25.0 Å². The van der Waals surface area contributed by atoms with Gasteiger partial charge in [-0.05, 0) is 81.4 Å². The molecular formula is C42H63NO7. The van der Waals surface area contributed by atoms with Crippen LogP contribution in [0, 0.1) is 5.92 Å². The summed E-state index contributed by atoms with van der Waals surface area (Å²) >= 11 is 0. The maximum atomic E-state index is 13.0. The minimum absolute atomic E-state index is 0.0123. The van der Waals surface area contributed by atoms with Crippen molar-refractivity contribution in [2.24, 2.45) is 5.92 Å². The minimum Gasteiger partial charge on any atom is -0.504 e. The summed E-state index contributed by atoms with van der Waals surface area (Å²) in [5.41, 5.74) is 0.508. The number of amides is 1. The van der Waals surface area contributed by atoms with E-state index >= 15 is 0 Å². The van der Waals surface area contributed by atoms with Gasteiger partial charge in [0.05, 0.1) is 0 Å². The van der Waals surface area contributed by atoms with Gasteiger partial charge in [0.1, 0.15) is 6.04 Å². The van der Waals surface area contributed by atoms with E-state index in [1.54, 1.807) is 6.07 Å². The monoisotopic (exact) mass is 693 g/mol. The number of phenolic OH excluding ortho intramolecular Hbond substituents is 2. The van der Waals surface area contributed by atoms with E-state index in [4.69, 9.17) is 9.47 Å². The molecule has 0 spiro atoms. The first kappa shape index (κ1) is 44.0. The van der Waals surface area contributed by atoms with Crippen LogP contribution in [0.4, 0.5) is 0 Å². The first-order valence-corrected chi connectivity index (χ1v) is 18.6. The molecule has 1 aromatic carbocycles. The zero-order chi connectivity index (χ0) is 36.8. The third-order valence-corrected chi connectivity index (χ3v) is 7.95. The summed E-state index contributed by atoms with van der Waals surface area (Å²) in [4.78, 5) is 38.0. The third kappa shape index (κ3) is 23.3. The Kier molecular flexibility index (Phi) is 25.3. The highest BCUT2D eigenvalue weighted by Crippen LogP contribution is 2.25. The van der Waals surface area contributed by atoms with Crippen LogP contribution in [0.2, 0.25) is 0 Å².